The van der Waals surface area contributed by atoms with Gasteiger partial charge >= 0.3 is 0 Å². The highest BCUT2D eigenvalue weighted by molar-refractivity contribution is 6.30. The molecule has 0 fully saturated rings. The molecule has 166 valence electrons. The molecular formula is C22H27Cl2N5O2. The van der Waals surface area contributed by atoms with Crippen LogP contribution < -0.4 is 10.6 Å². The van der Waals surface area contributed by atoms with Gasteiger partial charge in [0.1, 0.15) is 5.65 Å². The number of hydrogen-bond acceptors (Lipinski definition) is 4. The number of pyridine rings is 1. The van der Waals surface area contributed by atoms with Gasteiger partial charge in [0.15, 0.2) is 0 Å². The molecule has 3 rings (SSSR count). The van der Waals surface area contributed by atoms with Crippen molar-refractivity contribution >= 4 is 47.2 Å². The van der Waals surface area contributed by atoms with Crippen molar-refractivity contribution in [2.24, 2.45) is 0 Å². The Balaban J connectivity index is 0.00000341. The van der Waals surface area contributed by atoms with Gasteiger partial charge in [0.2, 0.25) is 5.91 Å². The predicted octanol–water partition coefficient (Wildman–Crippen LogP) is 3.66. The highest BCUT2D eigenvalue weighted by atomic mass is 35.5. The van der Waals surface area contributed by atoms with Crippen LogP contribution in [-0.4, -0.2) is 52.3 Å². The van der Waals surface area contributed by atoms with Crippen LogP contribution in [0, 0.1) is 0 Å². The van der Waals surface area contributed by atoms with Crippen molar-refractivity contribution in [3.05, 3.63) is 65.1 Å². The summed E-state index contributed by atoms with van der Waals surface area (Å²) in [5, 5.41) is 6.36. The van der Waals surface area contributed by atoms with E-state index in [9.17, 15) is 9.59 Å². The van der Waals surface area contributed by atoms with E-state index in [1.165, 1.54) is 0 Å². The van der Waals surface area contributed by atoms with Crippen molar-refractivity contribution in [3.8, 4) is 0 Å². The third kappa shape index (κ3) is 6.95. The van der Waals surface area contributed by atoms with Gasteiger partial charge in [-0.15, -0.1) is 12.4 Å². The molecule has 0 saturated carbocycles. The van der Waals surface area contributed by atoms with E-state index in [0.717, 1.165) is 25.3 Å². The number of aromatic nitrogens is 2. The Morgan fingerprint density at radius 1 is 1.06 bits per heavy atom. The number of hydrogen-bond donors (Lipinski definition) is 2. The minimum absolute atomic E-state index is 0. The van der Waals surface area contributed by atoms with Gasteiger partial charge in [-0.3, -0.25) is 9.59 Å². The highest BCUT2D eigenvalue weighted by Gasteiger charge is 2.10. The van der Waals surface area contributed by atoms with E-state index in [0.29, 0.717) is 28.5 Å². The number of benzene rings is 1. The molecule has 0 saturated heterocycles. The second-order valence-electron chi connectivity index (χ2n) is 6.93. The summed E-state index contributed by atoms with van der Waals surface area (Å²) in [6.07, 6.45) is 3.68. The van der Waals surface area contributed by atoms with E-state index in [-0.39, 0.29) is 30.6 Å². The van der Waals surface area contributed by atoms with E-state index in [1.54, 1.807) is 53.2 Å². The van der Waals surface area contributed by atoms with Crippen molar-refractivity contribution in [2.75, 3.05) is 31.5 Å². The summed E-state index contributed by atoms with van der Waals surface area (Å²) in [5.41, 5.74) is 2.58. The Kier molecular flexibility index (Phi) is 9.30. The number of likely N-dealkylation sites (N-methyl/N-ethyl adjacent to an activating group) is 1. The number of imidazole rings is 1. The number of anilines is 1. The third-order valence-corrected chi connectivity index (χ3v) is 5.07. The van der Waals surface area contributed by atoms with E-state index in [1.807, 2.05) is 0 Å². The third-order valence-electron chi connectivity index (χ3n) is 4.85. The molecule has 0 aliphatic heterocycles. The van der Waals surface area contributed by atoms with Gasteiger partial charge in [-0.25, -0.2) is 4.98 Å². The van der Waals surface area contributed by atoms with E-state index < -0.39 is 0 Å². The number of halogens is 2. The zero-order valence-electron chi connectivity index (χ0n) is 17.6. The maximum atomic E-state index is 12.3. The van der Waals surface area contributed by atoms with Gasteiger partial charge in [-0.1, -0.05) is 25.4 Å². The van der Waals surface area contributed by atoms with Crippen molar-refractivity contribution < 1.29 is 9.59 Å². The average molecular weight is 464 g/mol. The molecule has 0 aliphatic rings. The first-order chi connectivity index (χ1) is 14.5. The fraction of sp³-hybridized carbons (Fsp3) is 0.318. The molecule has 7 nitrogen and oxygen atoms in total. The van der Waals surface area contributed by atoms with Crippen molar-refractivity contribution in [3.63, 3.8) is 0 Å². The molecule has 0 atom stereocenters. The molecular weight excluding hydrogens is 437 g/mol. The van der Waals surface area contributed by atoms with Crippen molar-refractivity contribution in [2.45, 2.75) is 20.3 Å². The molecule has 0 spiro atoms. The molecule has 1 aromatic carbocycles. The lowest BCUT2D eigenvalue weighted by atomic mass is 10.2. The lowest BCUT2D eigenvalue weighted by Gasteiger charge is -2.17. The van der Waals surface area contributed by atoms with Gasteiger partial charge in [-0.2, -0.15) is 0 Å². The fourth-order valence-electron chi connectivity index (χ4n) is 3.15. The van der Waals surface area contributed by atoms with Crippen LogP contribution in [0.4, 0.5) is 5.69 Å². The Morgan fingerprint density at radius 3 is 2.45 bits per heavy atom. The summed E-state index contributed by atoms with van der Waals surface area (Å²) < 4.78 is 1.79. The maximum absolute atomic E-state index is 12.3. The van der Waals surface area contributed by atoms with Crippen LogP contribution in [0.15, 0.2) is 48.8 Å². The second-order valence-corrected chi connectivity index (χ2v) is 7.37. The topological polar surface area (TPSA) is 78.7 Å². The zero-order valence-corrected chi connectivity index (χ0v) is 19.2. The standard InChI is InChI=1S/C22H26ClN5O2.ClH/c1-3-27(4-2)12-11-24-22(30)16-5-8-18(9-6-16)26-21(29)13-19-15-28-14-17(23)7-10-20(28)25-19;/h5-10,14-15H,3-4,11-13H2,1-2H3,(H,24,30)(H,26,29);1H. The second kappa shape index (κ2) is 11.7. The van der Waals surface area contributed by atoms with E-state index in [4.69, 9.17) is 11.6 Å². The number of nitrogens with one attached hydrogen (secondary N) is 2. The Morgan fingerprint density at radius 2 is 1.77 bits per heavy atom. The molecule has 0 radical (unpaired) electrons. The number of rotatable bonds is 9. The minimum Gasteiger partial charge on any atom is -0.351 e. The SMILES string of the molecule is CCN(CC)CCNC(=O)c1ccc(NC(=O)Cc2cn3cc(Cl)ccc3n2)cc1.Cl. The first kappa shape index (κ1) is 24.7. The predicted molar refractivity (Wildman–Crippen MR) is 126 cm³/mol. The molecule has 3 aromatic rings. The van der Waals surface area contributed by atoms with Crippen LogP contribution in [0.5, 0.6) is 0 Å². The first-order valence-electron chi connectivity index (χ1n) is 10.0. The molecule has 2 N–H and O–H groups in total. The van der Waals surface area contributed by atoms with Gasteiger partial charge in [-0.05, 0) is 49.5 Å². The Bertz CT molecular complexity index is 1020. The molecule has 0 aliphatic carbocycles. The van der Waals surface area contributed by atoms with Crippen LogP contribution >= 0.6 is 24.0 Å². The van der Waals surface area contributed by atoms with Gasteiger partial charge in [0, 0.05) is 36.7 Å². The molecule has 0 bridgehead atoms. The number of fused-ring (bicyclic) bond motifs is 1. The smallest absolute Gasteiger partial charge is 0.251 e. The number of nitrogens with zero attached hydrogens (tertiary/aromatic N) is 3. The number of amides is 2. The average Bonchev–Trinajstić information content (AvgIpc) is 3.12. The lowest BCUT2D eigenvalue weighted by molar-refractivity contribution is -0.115. The molecule has 9 heteroatoms. The molecule has 2 aromatic heterocycles. The van der Waals surface area contributed by atoms with Crippen LogP contribution in [0.3, 0.4) is 0 Å². The molecule has 0 unspecified atom stereocenters. The normalized spacial score (nSPS) is 10.7. The first-order valence-corrected chi connectivity index (χ1v) is 10.4. The summed E-state index contributed by atoms with van der Waals surface area (Å²) in [5.74, 6) is -0.302. The molecule has 31 heavy (non-hydrogen) atoms. The maximum Gasteiger partial charge on any atom is 0.251 e. The van der Waals surface area contributed by atoms with Crippen LogP contribution in [-0.2, 0) is 11.2 Å². The quantitative estimate of drug-likeness (QED) is 0.507. The van der Waals surface area contributed by atoms with E-state index in [2.05, 4.69) is 34.4 Å². The van der Waals surface area contributed by atoms with Crippen molar-refractivity contribution in [1.29, 1.82) is 0 Å². The van der Waals surface area contributed by atoms with Gasteiger partial charge in [0.05, 0.1) is 17.1 Å². The largest absolute Gasteiger partial charge is 0.351 e. The summed E-state index contributed by atoms with van der Waals surface area (Å²) in [6, 6.07) is 10.4. The number of carbonyl (C=O) groups excluding carboxylic acids is 2. The summed E-state index contributed by atoms with van der Waals surface area (Å²) in [7, 11) is 0. The summed E-state index contributed by atoms with van der Waals surface area (Å²) in [6.45, 7) is 7.55. The van der Waals surface area contributed by atoms with Crippen LogP contribution in [0.25, 0.3) is 5.65 Å². The summed E-state index contributed by atoms with van der Waals surface area (Å²) >= 11 is 5.97. The summed E-state index contributed by atoms with van der Waals surface area (Å²) in [4.78, 5) is 31.2. The monoisotopic (exact) mass is 463 g/mol. The highest BCUT2D eigenvalue weighted by Crippen LogP contribution is 2.13. The lowest BCUT2D eigenvalue weighted by Crippen LogP contribution is -2.34. The minimum atomic E-state index is -0.180. The Labute approximate surface area is 193 Å². The van der Waals surface area contributed by atoms with E-state index >= 15 is 0 Å². The van der Waals surface area contributed by atoms with Gasteiger partial charge in [0.25, 0.3) is 5.91 Å². The Hall–Kier alpha value is -2.61. The molecule has 2 heterocycles. The van der Waals surface area contributed by atoms with Crippen molar-refractivity contribution in [1.82, 2.24) is 19.6 Å². The fourth-order valence-corrected chi connectivity index (χ4v) is 3.31. The van der Waals surface area contributed by atoms with Gasteiger partial charge < -0.3 is 19.9 Å². The number of carbonyl (C=O) groups is 2. The zero-order chi connectivity index (χ0) is 21.5. The molecule has 2 amide bonds. The van der Waals surface area contributed by atoms with Crippen LogP contribution in [0.2, 0.25) is 5.02 Å². The van der Waals surface area contributed by atoms with Crippen LogP contribution in [0.1, 0.15) is 29.9 Å².